The van der Waals surface area contributed by atoms with Crippen molar-refractivity contribution in [2.75, 3.05) is 6.61 Å². The fourth-order valence-corrected chi connectivity index (χ4v) is 3.34. The van der Waals surface area contributed by atoms with Crippen molar-refractivity contribution in [2.45, 2.75) is 44.1 Å². The van der Waals surface area contributed by atoms with Crippen LogP contribution in [0, 0.1) is 5.41 Å². The van der Waals surface area contributed by atoms with E-state index in [-0.39, 0.29) is 12.1 Å². The molecule has 1 amide bonds. The third kappa shape index (κ3) is 2.21. The van der Waals surface area contributed by atoms with Gasteiger partial charge >= 0.3 is 12.1 Å². The third-order valence-corrected chi connectivity index (χ3v) is 4.22. The number of alkyl carbamates (subject to hydrolysis) is 1. The lowest BCUT2D eigenvalue weighted by Crippen LogP contribution is -2.50. The Kier molecular flexibility index (Phi) is 3.32. The topological polar surface area (TPSA) is 75.6 Å². The molecule has 0 aromatic rings. The molecule has 5 heteroatoms. The zero-order chi connectivity index (χ0) is 13.2. The highest BCUT2D eigenvalue weighted by Crippen LogP contribution is 2.53. The molecule has 2 atom stereocenters. The summed E-state index contributed by atoms with van der Waals surface area (Å²) >= 11 is 0. The highest BCUT2D eigenvalue weighted by atomic mass is 16.5. The van der Waals surface area contributed by atoms with E-state index in [0.717, 1.165) is 19.3 Å². The van der Waals surface area contributed by atoms with Crippen LogP contribution in [-0.2, 0) is 9.53 Å². The number of ether oxygens (including phenoxy) is 1. The van der Waals surface area contributed by atoms with Crippen LogP contribution in [0.25, 0.3) is 0 Å². The van der Waals surface area contributed by atoms with Crippen molar-refractivity contribution in [3.05, 3.63) is 12.7 Å². The first-order valence-corrected chi connectivity index (χ1v) is 6.31. The van der Waals surface area contributed by atoms with Gasteiger partial charge in [-0.2, -0.15) is 0 Å². The number of aliphatic carboxylic acids is 1. The summed E-state index contributed by atoms with van der Waals surface area (Å²) in [5, 5.41) is 12.2. The molecule has 100 valence electrons. The van der Waals surface area contributed by atoms with E-state index in [1.165, 1.54) is 6.08 Å². The van der Waals surface area contributed by atoms with Gasteiger partial charge in [0.15, 0.2) is 0 Å². The van der Waals surface area contributed by atoms with Crippen molar-refractivity contribution in [1.82, 2.24) is 5.32 Å². The van der Waals surface area contributed by atoms with Crippen molar-refractivity contribution in [2.24, 2.45) is 5.41 Å². The highest BCUT2D eigenvalue weighted by Gasteiger charge is 2.55. The number of carbonyl (C=O) groups is 2. The SMILES string of the molecule is C=CCOC(=O)NC12CCCC(C(=O)O)(CC1)C2. The van der Waals surface area contributed by atoms with E-state index in [9.17, 15) is 14.7 Å². The summed E-state index contributed by atoms with van der Waals surface area (Å²) in [6.45, 7) is 3.65. The predicted molar refractivity (Wildman–Crippen MR) is 65.2 cm³/mol. The zero-order valence-electron chi connectivity index (χ0n) is 10.4. The van der Waals surface area contributed by atoms with E-state index in [1.807, 2.05) is 0 Å². The second kappa shape index (κ2) is 4.63. The largest absolute Gasteiger partial charge is 0.481 e. The van der Waals surface area contributed by atoms with Crippen LogP contribution in [0.5, 0.6) is 0 Å². The summed E-state index contributed by atoms with van der Waals surface area (Å²) in [6, 6.07) is 0. The van der Waals surface area contributed by atoms with Crippen molar-refractivity contribution in [3.8, 4) is 0 Å². The van der Waals surface area contributed by atoms with Crippen LogP contribution in [0.1, 0.15) is 38.5 Å². The Balaban J connectivity index is 2.02. The maximum absolute atomic E-state index is 11.6. The molecule has 2 saturated carbocycles. The van der Waals surface area contributed by atoms with Gasteiger partial charge in [0.25, 0.3) is 0 Å². The summed E-state index contributed by atoms with van der Waals surface area (Å²) < 4.78 is 4.92. The van der Waals surface area contributed by atoms with Crippen molar-refractivity contribution >= 4 is 12.1 Å². The van der Waals surface area contributed by atoms with Gasteiger partial charge in [0.2, 0.25) is 0 Å². The van der Waals surface area contributed by atoms with Gasteiger partial charge in [-0.15, -0.1) is 0 Å². The molecule has 0 spiro atoms. The molecule has 0 aromatic heterocycles. The fraction of sp³-hybridized carbons (Fsp3) is 0.692. The lowest BCUT2D eigenvalue weighted by molar-refractivity contribution is -0.150. The Hall–Kier alpha value is -1.52. The van der Waals surface area contributed by atoms with Gasteiger partial charge in [-0.3, -0.25) is 4.79 Å². The zero-order valence-corrected chi connectivity index (χ0v) is 10.4. The molecule has 0 radical (unpaired) electrons. The predicted octanol–water partition coefficient (Wildman–Crippen LogP) is 2.08. The van der Waals surface area contributed by atoms with E-state index >= 15 is 0 Å². The lowest BCUT2D eigenvalue weighted by atomic mass is 9.73. The molecule has 18 heavy (non-hydrogen) atoms. The maximum Gasteiger partial charge on any atom is 0.407 e. The van der Waals surface area contributed by atoms with Crippen molar-refractivity contribution in [3.63, 3.8) is 0 Å². The summed E-state index contributed by atoms with van der Waals surface area (Å²) in [5.41, 5.74) is -1.02. The Bertz CT molecular complexity index is 381. The second-order valence-corrected chi connectivity index (χ2v) is 5.41. The molecule has 0 heterocycles. The molecule has 0 aliphatic heterocycles. The standard InChI is InChI=1S/C13H19NO4/c1-2-8-18-11(17)14-13-5-3-4-12(9-13,6-7-13)10(15)16/h2H,1,3-9H2,(H,14,17)(H,15,16). The van der Waals surface area contributed by atoms with Gasteiger partial charge in [-0.1, -0.05) is 12.7 Å². The maximum atomic E-state index is 11.6. The van der Waals surface area contributed by atoms with Crippen molar-refractivity contribution in [1.29, 1.82) is 0 Å². The molecule has 5 nitrogen and oxygen atoms in total. The summed E-state index contributed by atoms with van der Waals surface area (Å²) in [5.74, 6) is -0.731. The molecular formula is C13H19NO4. The molecule has 2 N–H and O–H groups in total. The average Bonchev–Trinajstić information content (AvgIpc) is 2.59. The minimum Gasteiger partial charge on any atom is -0.481 e. The number of fused-ring (bicyclic) bond motifs is 2. The number of carboxylic acid groups (broad SMARTS) is 1. The fourth-order valence-electron chi connectivity index (χ4n) is 3.34. The third-order valence-electron chi connectivity index (χ3n) is 4.22. The van der Waals surface area contributed by atoms with Gasteiger partial charge in [0, 0.05) is 5.54 Å². The second-order valence-electron chi connectivity index (χ2n) is 5.41. The van der Waals surface area contributed by atoms with E-state index in [1.54, 1.807) is 0 Å². The van der Waals surface area contributed by atoms with Gasteiger partial charge < -0.3 is 15.2 Å². The monoisotopic (exact) mass is 253 g/mol. The summed E-state index contributed by atoms with van der Waals surface area (Å²) in [7, 11) is 0. The van der Waals surface area contributed by atoms with E-state index in [4.69, 9.17) is 4.74 Å². The van der Waals surface area contributed by atoms with Crippen LogP contribution >= 0.6 is 0 Å². The van der Waals surface area contributed by atoms with Crippen LogP contribution in [0.15, 0.2) is 12.7 Å². The normalized spacial score (nSPS) is 33.8. The first-order valence-electron chi connectivity index (χ1n) is 6.31. The van der Waals surface area contributed by atoms with Gasteiger partial charge in [-0.05, 0) is 38.5 Å². The summed E-state index contributed by atoms with van der Waals surface area (Å²) in [4.78, 5) is 23.0. The number of carbonyl (C=O) groups excluding carboxylic acids is 1. The van der Waals surface area contributed by atoms with Crippen LogP contribution in [-0.4, -0.2) is 29.3 Å². The Labute approximate surface area is 106 Å². The van der Waals surface area contributed by atoms with Crippen LogP contribution < -0.4 is 5.32 Å². The smallest absolute Gasteiger partial charge is 0.407 e. The number of hydrogen-bond donors (Lipinski definition) is 2. The lowest BCUT2D eigenvalue weighted by Gasteiger charge is -2.37. The molecule has 2 fully saturated rings. The number of nitrogens with one attached hydrogen (secondary N) is 1. The first kappa shape index (κ1) is 12.9. The molecule has 0 saturated heterocycles. The molecule has 2 rings (SSSR count). The number of carboxylic acids is 1. The van der Waals surface area contributed by atoms with Gasteiger partial charge in [0.1, 0.15) is 6.61 Å². The van der Waals surface area contributed by atoms with Gasteiger partial charge in [-0.25, -0.2) is 4.79 Å². The molecule has 2 aliphatic carbocycles. The first-order chi connectivity index (χ1) is 8.52. The number of hydrogen-bond acceptors (Lipinski definition) is 3. The molecule has 0 aromatic carbocycles. The number of rotatable bonds is 4. The van der Waals surface area contributed by atoms with Gasteiger partial charge in [0.05, 0.1) is 5.41 Å². The minimum atomic E-state index is -0.731. The molecular weight excluding hydrogens is 234 g/mol. The van der Waals surface area contributed by atoms with E-state index in [2.05, 4.69) is 11.9 Å². The van der Waals surface area contributed by atoms with E-state index < -0.39 is 17.5 Å². The highest BCUT2D eigenvalue weighted by molar-refractivity contribution is 5.76. The quantitative estimate of drug-likeness (QED) is 0.752. The Morgan fingerprint density at radius 1 is 1.33 bits per heavy atom. The van der Waals surface area contributed by atoms with Crippen LogP contribution in [0.4, 0.5) is 4.79 Å². The van der Waals surface area contributed by atoms with Crippen LogP contribution in [0.3, 0.4) is 0 Å². The Morgan fingerprint density at radius 3 is 2.78 bits per heavy atom. The summed E-state index contributed by atoms with van der Waals surface area (Å²) in [6.07, 6.45) is 5.32. The minimum absolute atomic E-state index is 0.173. The molecule has 2 bridgehead atoms. The number of amides is 1. The van der Waals surface area contributed by atoms with Crippen LogP contribution in [0.2, 0.25) is 0 Å². The molecule has 2 aliphatic rings. The molecule has 2 unspecified atom stereocenters. The van der Waals surface area contributed by atoms with E-state index in [0.29, 0.717) is 19.3 Å². The van der Waals surface area contributed by atoms with Crippen molar-refractivity contribution < 1.29 is 19.4 Å². The Morgan fingerprint density at radius 2 is 2.11 bits per heavy atom. The average molecular weight is 253 g/mol.